The van der Waals surface area contributed by atoms with E-state index in [-0.39, 0.29) is 0 Å². The van der Waals surface area contributed by atoms with Gasteiger partial charge in [0.05, 0.1) is 0 Å². The number of halogens is 1. The van der Waals surface area contributed by atoms with Gasteiger partial charge in [-0.3, -0.25) is 0 Å². The van der Waals surface area contributed by atoms with E-state index in [4.69, 9.17) is 5.73 Å². The van der Waals surface area contributed by atoms with Crippen molar-refractivity contribution in [3.63, 3.8) is 0 Å². The van der Waals surface area contributed by atoms with E-state index in [2.05, 4.69) is 40.8 Å². The second-order valence-corrected chi connectivity index (χ2v) is 4.23. The van der Waals surface area contributed by atoms with Crippen molar-refractivity contribution in [3.05, 3.63) is 32.9 Å². The van der Waals surface area contributed by atoms with E-state index >= 15 is 0 Å². The van der Waals surface area contributed by atoms with Crippen LogP contribution in [0.4, 0.5) is 0 Å². The van der Waals surface area contributed by atoms with E-state index < -0.39 is 0 Å². The van der Waals surface area contributed by atoms with Crippen LogP contribution in [0.3, 0.4) is 0 Å². The second-order valence-electron chi connectivity index (χ2n) is 2.99. The Labute approximate surface area is 80.1 Å². The average Bonchev–Trinajstić information content (AvgIpc) is 2.33. The molecule has 0 spiro atoms. The molecule has 0 aliphatic heterocycles. The largest absolute Gasteiger partial charge is 0.324 e. The lowest BCUT2D eigenvalue weighted by atomic mass is 10.1. The molecule has 1 aliphatic carbocycles. The smallest absolute Gasteiger partial charge is 0.0301 e. The Bertz CT molecular complexity index is 283. The standard InChI is InChI=1S/C9H10IN/c10-7-3-1-6-2-4-9(11)8(6)5-7/h1,3,5,9H,2,4,11H2/t9-/m1/s1. The van der Waals surface area contributed by atoms with Crippen LogP contribution < -0.4 is 5.73 Å². The number of hydrogen-bond acceptors (Lipinski definition) is 1. The highest BCUT2D eigenvalue weighted by Gasteiger charge is 2.18. The summed E-state index contributed by atoms with van der Waals surface area (Å²) in [6, 6.07) is 6.84. The third-order valence-corrected chi connectivity index (χ3v) is 2.90. The first-order valence-corrected chi connectivity index (χ1v) is 4.89. The lowest BCUT2D eigenvalue weighted by molar-refractivity contribution is 0.713. The van der Waals surface area contributed by atoms with Crippen molar-refractivity contribution in [2.45, 2.75) is 18.9 Å². The summed E-state index contributed by atoms with van der Waals surface area (Å²) in [5.74, 6) is 0. The molecule has 0 bridgehead atoms. The molecule has 0 saturated heterocycles. The van der Waals surface area contributed by atoms with Gasteiger partial charge in [-0.05, 0) is 58.7 Å². The predicted molar refractivity (Wildman–Crippen MR) is 54.4 cm³/mol. The number of aryl methyl sites for hydroxylation is 1. The zero-order valence-corrected chi connectivity index (χ0v) is 8.34. The summed E-state index contributed by atoms with van der Waals surface area (Å²) in [6.45, 7) is 0. The van der Waals surface area contributed by atoms with Gasteiger partial charge in [0.2, 0.25) is 0 Å². The molecule has 1 aromatic rings. The minimum absolute atomic E-state index is 0.291. The number of nitrogens with two attached hydrogens (primary N) is 1. The molecule has 0 amide bonds. The molecule has 2 rings (SSSR count). The minimum atomic E-state index is 0.291. The zero-order valence-electron chi connectivity index (χ0n) is 6.18. The van der Waals surface area contributed by atoms with E-state index in [1.165, 1.54) is 14.7 Å². The molecule has 0 aromatic heterocycles. The zero-order chi connectivity index (χ0) is 7.84. The van der Waals surface area contributed by atoms with E-state index in [0.717, 1.165) is 12.8 Å². The van der Waals surface area contributed by atoms with Crippen molar-refractivity contribution in [2.24, 2.45) is 5.73 Å². The fourth-order valence-corrected chi connectivity index (χ4v) is 2.12. The average molecular weight is 259 g/mol. The molecule has 0 fully saturated rings. The summed E-state index contributed by atoms with van der Waals surface area (Å²) < 4.78 is 1.29. The van der Waals surface area contributed by atoms with E-state index in [1.807, 2.05) is 0 Å². The van der Waals surface area contributed by atoms with Crippen LogP contribution >= 0.6 is 22.6 Å². The Morgan fingerprint density at radius 3 is 3.09 bits per heavy atom. The molecule has 0 unspecified atom stereocenters. The normalized spacial score (nSPS) is 21.8. The summed E-state index contributed by atoms with van der Waals surface area (Å²) in [5.41, 5.74) is 8.71. The second kappa shape index (κ2) is 2.75. The van der Waals surface area contributed by atoms with Crippen LogP contribution in [0.15, 0.2) is 18.2 Å². The van der Waals surface area contributed by atoms with Crippen molar-refractivity contribution in [1.29, 1.82) is 0 Å². The molecule has 0 radical (unpaired) electrons. The molecule has 1 aliphatic rings. The van der Waals surface area contributed by atoms with Gasteiger partial charge in [-0.15, -0.1) is 0 Å². The van der Waals surface area contributed by atoms with Crippen LogP contribution in [0.2, 0.25) is 0 Å². The minimum Gasteiger partial charge on any atom is -0.324 e. The number of benzene rings is 1. The molecule has 58 valence electrons. The van der Waals surface area contributed by atoms with Gasteiger partial charge in [-0.2, -0.15) is 0 Å². The van der Waals surface area contributed by atoms with Gasteiger partial charge >= 0.3 is 0 Å². The maximum absolute atomic E-state index is 5.91. The van der Waals surface area contributed by atoms with Crippen LogP contribution in [0.5, 0.6) is 0 Å². The van der Waals surface area contributed by atoms with Crippen LogP contribution in [0.25, 0.3) is 0 Å². The van der Waals surface area contributed by atoms with Crippen LogP contribution in [-0.2, 0) is 6.42 Å². The van der Waals surface area contributed by atoms with E-state index in [9.17, 15) is 0 Å². The van der Waals surface area contributed by atoms with E-state index in [0.29, 0.717) is 6.04 Å². The molecule has 1 aromatic carbocycles. The Morgan fingerprint density at radius 1 is 1.45 bits per heavy atom. The van der Waals surface area contributed by atoms with Crippen molar-refractivity contribution in [3.8, 4) is 0 Å². The molecule has 11 heavy (non-hydrogen) atoms. The number of fused-ring (bicyclic) bond motifs is 1. The lowest BCUT2D eigenvalue weighted by Gasteiger charge is -2.03. The highest BCUT2D eigenvalue weighted by Crippen LogP contribution is 2.29. The third-order valence-electron chi connectivity index (χ3n) is 2.23. The van der Waals surface area contributed by atoms with Crippen molar-refractivity contribution in [1.82, 2.24) is 0 Å². The van der Waals surface area contributed by atoms with Crippen LogP contribution in [0.1, 0.15) is 23.6 Å². The van der Waals surface area contributed by atoms with Gasteiger partial charge in [0.1, 0.15) is 0 Å². The summed E-state index contributed by atoms with van der Waals surface area (Å²) in [7, 11) is 0. The topological polar surface area (TPSA) is 26.0 Å². The summed E-state index contributed by atoms with van der Waals surface area (Å²) >= 11 is 2.33. The first kappa shape index (κ1) is 7.55. The quantitative estimate of drug-likeness (QED) is 0.710. The third kappa shape index (κ3) is 1.29. The first-order chi connectivity index (χ1) is 5.27. The lowest BCUT2D eigenvalue weighted by Crippen LogP contribution is -2.05. The highest BCUT2D eigenvalue weighted by molar-refractivity contribution is 14.1. The maximum Gasteiger partial charge on any atom is 0.0301 e. The molecule has 1 atom stereocenters. The molecule has 2 N–H and O–H groups in total. The van der Waals surface area contributed by atoms with Gasteiger partial charge < -0.3 is 5.73 Å². The first-order valence-electron chi connectivity index (χ1n) is 3.81. The fourth-order valence-electron chi connectivity index (χ4n) is 1.61. The van der Waals surface area contributed by atoms with Gasteiger partial charge in [0.25, 0.3) is 0 Å². The Balaban J connectivity index is 2.52. The van der Waals surface area contributed by atoms with Crippen molar-refractivity contribution >= 4 is 22.6 Å². The fraction of sp³-hybridized carbons (Fsp3) is 0.333. The molecular formula is C9H10IN. The summed E-state index contributed by atoms with van der Waals surface area (Å²) in [6.07, 6.45) is 2.28. The van der Waals surface area contributed by atoms with Gasteiger partial charge in [-0.1, -0.05) is 6.07 Å². The molecule has 1 nitrogen and oxygen atoms in total. The van der Waals surface area contributed by atoms with Gasteiger partial charge in [0.15, 0.2) is 0 Å². The maximum atomic E-state index is 5.91. The summed E-state index contributed by atoms with van der Waals surface area (Å²) in [5, 5.41) is 0. The molecule has 2 heteroatoms. The Kier molecular flexibility index (Phi) is 1.89. The monoisotopic (exact) mass is 259 g/mol. The summed E-state index contributed by atoms with van der Waals surface area (Å²) in [4.78, 5) is 0. The van der Waals surface area contributed by atoms with E-state index in [1.54, 1.807) is 0 Å². The number of hydrogen-bond donors (Lipinski definition) is 1. The number of rotatable bonds is 0. The molecule has 0 heterocycles. The predicted octanol–water partition coefficient (Wildman–Crippen LogP) is 2.24. The van der Waals surface area contributed by atoms with Crippen molar-refractivity contribution < 1.29 is 0 Å². The van der Waals surface area contributed by atoms with Gasteiger partial charge in [0, 0.05) is 9.61 Å². The van der Waals surface area contributed by atoms with Gasteiger partial charge in [-0.25, -0.2) is 0 Å². The van der Waals surface area contributed by atoms with Crippen molar-refractivity contribution in [2.75, 3.05) is 0 Å². The molecular weight excluding hydrogens is 249 g/mol. The molecule has 0 saturated carbocycles. The van der Waals surface area contributed by atoms with Crippen LogP contribution in [-0.4, -0.2) is 0 Å². The SMILES string of the molecule is N[C@@H]1CCc2ccc(I)cc21. The van der Waals surface area contributed by atoms with Crippen LogP contribution in [0, 0.1) is 3.57 Å². The highest BCUT2D eigenvalue weighted by atomic mass is 127. The Hall–Kier alpha value is -0.0900. The Morgan fingerprint density at radius 2 is 2.27 bits per heavy atom.